The van der Waals surface area contributed by atoms with Crippen molar-refractivity contribution in [2.24, 2.45) is 16.6 Å². The molecule has 0 saturated carbocycles. The molecule has 0 atom stereocenters. The van der Waals surface area contributed by atoms with E-state index in [-0.39, 0.29) is 17.2 Å². The maximum absolute atomic E-state index is 12.5. The third kappa shape index (κ3) is 2.86. The molecule has 0 aliphatic carbocycles. The molecule has 7 heteroatoms. The van der Waals surface area contributed by atoms with Gasteiger partial charge in [0.15, 0.2) is 0 Å². The van der Waals surface area contributed by atoms with E-state index >= 15 is 0 Å². The van der Waals surface area contributed by atoms with E-state index in [2.05, 4.69) is 4.99 Å². The fourth-order valence-corrected chi connectivity index (χ4v) is 1.16. The van der Waals surface area contributed by atoms with Gasteiger partial charge in [0.25, 0.3) is 0 Å². The standard InChI is InChI=1S/C9H11F3N4/c1-5-2-3-6(15-8(13)16-14)4-7(5)9(10,11)12/h2-4H,14H2,1H3,(H3,13,15,16). The Balaban J connectivity index is 3.18. The van der Waals surface area contributed by atoms with Crippen LogP contribution in [0, 0.1) is 6.92 Å². The highest BCUT2D eigenvalue weighted by Gasteiger charge is 2.32. The maximum Gasteiger partial charge on any atom is 0.416 e. The summed E-state index contributed by atoms with van der Waals surface area (Å²) in [5, 5.41) is 0. The van der Waals surface area contributed by atoms with Gasteiger partial charge in [-0.05, 0) is 24.6 Å². The van der Waals surface area contributed by atoms with Crippen molar-refractivity contribution in [1.29, 1.82) is 0 Å². The Morgan fingerprint density at radius 1 is 1.38 bits per heavy atom. The minimum absolute atomic E-state index is 0.0911. The number of nitrogens with one attached hydrogen (secondary N) is 1. The molecule has 0 heterocycles. The zero-order valence-electron chi connectivity index (χ0n) is 8.47. The molecule has 0 radical (unpaired) electrons. The number of hydrazine groups is 1. The number of guanidine groups is 1. The van der Waals surface area contributed by atoms with Gasteiger partial charge < -0.3 is 5.73 Å². The van der Waals surface area contributed by atoms with Crippen molar-refractivity contribution in [3.63, 3.8) is 0 Å². The van der Waals surface area contributed by atoms with Crippen molar-refractivity contribution < 1.29 is 13.2 Å². The van der Waals surface area contributed by atoms with Crippen LogP contribution in [0.5, 0.6) is 0 Å². The maximum atomic E-state index is 12.5. The highest BCUT2D eigenvalue weighted by molar-refractivity contribution is 5.80. The molecule has 16 heavy (non-hydrogen) atoms. The van der Waals surface area contributed by atoms with Gasteiger partial charge >= 0.3 is 6.18 Å². The van der Waals surface area contributed by atoms with Crippen molar-refractivity contribution in [2.45, 2.75) is 13.1 Å². The molecule has 0 unspecified atom stereocenters. The highest BCUT2D eigenvalue weighted by atomic mass is 19.4. The second-order valence-electron chi connectivity index (χ2n) is 3.14. The number of hydrogen-bond acceptors (Lipinski definition) is 2. The monoisotopic (exact) mass is 232 g/mol. The summed E-state index contributed by atoms with van der Waals surface area (Å²) in [6.07, 6.45) is -4.40. The summed E-state index contributed by atoms with van der Waals surface area (Å²) in [7, 11) is 0. The first-order valence-electron chi connectivity index (χ1n) is 4.33. The number of rotatable bonds is 1. The molecule has 0 bridgehead atoms. The third-order valence-electron chi connectivity index (χ3n) is 1.92. The first kappa shape index (κ1) is 12.3. The molecular formula is C9H11F3N4. The van der Waals surface area contributed by atoms with Gasteiger partial charge in [-0.1, -0.05) is 6.07 Å². The Morgan fingerprint density at radius 2 is 2.00 bits per heavy atom. The summed E-state index contributed by atoms with van der Waals surface area (Å²) in [5.74, 6) is 4.79. The minimum atomic E-state index is -4.40. The van der Waals surface area contributed by atoms with Gasteiger partial charge in [-0.2, -0.15) is 13.2 Å². The number of hydrogen-bond donors (Lipinski definition) is 3. The van der Waals surface area contributed by atoms with Crippen molar-refractivity contribution in [2.75, 3.05) is 0 Å². The molecule has 0 aliphatic heterocycles. The van der Waals surface area contributed by atoms with Crippen LogP contribution in [-0.4, -0.2) is 5.96 Å². The first-order valence-corrected chi connectivity index (χ1v) is 4.33. The Kier molecular flexibility index (Phi) is 3.38. The fourth-order valence-electron chi connectivity index (χ4n) is 1.16. The molecule has 0 saturated heterocycles. The van der Waals surface area contributed by atoms with Gasteiger partial charge in [-0.3, -0.25) is 5.43 Å². The predicted molar refractivity (Wildman–Crippen MR) is 54.8 cm³/mol. The Bertz CT molecular complexity index is 412. The van der Waals surface area contributed by atoms with E-state index in [1.165, 1.54) is 19.1 Å². The van der Waals surface area contributed by atoms with Crippen LogP contribution in [0.15, 0.2) is 23.2 Å². The van der Waals surface area contributed by atoms with Crippen molar-refractivity contribution in [3.05, 3.63) is 29.3 Å². The molecule has 1 aromatic rings. The zero-order valence-corrected chi connectivity index (χ0v) is 8.47. The summed E-state index contributed by atoms with van der Waals surface area (Å²) in [5.41, 5.74) is 6.75. The second-order valence-corrected chi connectivity index (χ2v) is 3.14. The van der Waals surface area contributed by atoms with Crippen LogP contribution in [-0.2, 0) is 6.18 Å². The molecule has 1 rings (SSSR count). The molecule has 0 spiro atoms. The normalized spacial score (nSPS) is 12.7. The number of nitrogens with zero attached hydrogens (tertiary/aromatic N) is 1. The van der Waals surface area contributed by atoms with Crippen molar-refractivity contribution >= 4 is 11.6 Å². The minimum Gasteiger partial charge on any atom is -0.369 e. The number of nitrogens with two attached hydrogens (primary N) is 2. The van der Waals surface area contributed by atoms with E-state index < -0.39 is 11.7 Å². The van der Waals surface area contributed by atoms with Gasteiger partial charge in [-0.25, -0.2) is 10.8 Å². The fraction of sp³-hybridized carbons (Fsp3) is 0.222. The van der Waals surface area contributed by atoms with E-state index in [1.54, 1.807) is 0 Å². The molecule has 5 N–H and O–H groups in total. The van der Waals surface area contributed by atoms with Crippen LogP contribution in [0.2, 0.25) is 0 Å². The predicted octanol–water partition coefficient (Wildman–Crippen LogP) is 1.42. The second kappa shape index (κ2) is 4.40. The lowest BCUT2D eigenvalue weighted by molar-refractivity contribution is -0.138. The lowest BCUT2D eigenvalue weighted by atomic mass is 10.1. The summed E-state index contributed by atoms with van der Waals surface area (Å²) in [4.78, 5) is 3.65. The van der Waals surface area contributed by atoms with Gasteiger partial charge in [0, 0.05) is 0 Å². The van der Waals surface area contributed by atoms with Crippen LogP contribution < -0.4 is 17.0 Å². The van der Waals surface area contributed by atoms with Gasteiger partial charge in [0.05, 0.1) is 11.3 Å². The van der Waals surface area contributed by atoms with E-state index in [4.69, 9.17) is 11.6 Å². The van der Waals surface area contributed by atoms with E-state index in [0.29, 0.717) is 0 Å². The van der Waals surface area contributed by atoms with Crippen molar-refractivity contribution in [1.82, 2.24) is 5.43 Å². The zero-order chi connectivity index (χ0) is 12.3. The molecule has 88 valence electrons. The summed E-state index contributed by atoms with van der Waals surface area (Å²) < 4.78 is 37.6. The van der Waals surface area contributed by atoms with Crippen LogP contribution in [0.25, 0.3) is 0 Å². The molecule has 0 amide bonds. The summed E-state index contributed by atoms with van der Waals surface area (Å²) in [6.45, 7) is 1.38. The summed E-state index contributed by atoms with van der Waals surface area (Å²) >= 11 is 0. The van der Waals surface area contributed by atoms with Gasteiger partial charge in [0.1, 0.15) is 0 Å². The molecule has 0 fully saturated rings. The van der Waals surface area contributed by atoms with E-state index in [1.807, 2.05) is 5.43 Å². The number of aliphatic imine (C=N–C) groups is 1. The molecule has 0 aromatic heterocycles. The topological polar surface area (TPSA) is 76.4 Å². The van der Waals surface area contributed by atoms with E-state index in [9.17, 15) is 13.2 Å². The van der Waals surface area contributed by atoms with E-state index in [0.717, 1.165) is 6.07 Å². The Labute approximate surface area is 90.1 Å². The highest BCUT2D eigenvalue weighted by Crippen LogP contribution is 2.33. The van der Waals surface area contributed by atoms with Crippen LogP contribution in [0.4, 0.5) is 18.9 Å². The summed E-state index contributed by atoms with van der Waals surface area (Å²) in [6, 6.07) is 3.67. The Morgan fingerprint density at radius 3 is 2.50 bits per heavy atom. The Hall–Kier alpha value is -1.76. The average molecular weight is 232 g/mol. The largest absolute Gasteiger partial charge is 0.416 e. The van der Waals surface area contributed by atoms with Crippen LogP contribution in [0.3, 0.4) is 0 Å². The van der Waals surface area contributed by atoms with Gasteiger partial charge in [-0.15, -0.1) is 0 Å². The SMILES string of the molecule is Cc1ccc(N=C(N)NN)cc1C(F)(F)F. The van der Waals surface area contributed by atoms with Crippen molar-refractivity contribution in [3.8, 4) is 0 Å². The third-order valence-corrected chi connectivity index (χ3v) is 1.92. The van der Waals surface area contributed by atoms with Crippen LogP contribution in [0.1, 0.15) is 11.1 Å². The van der Waals surface area contributed by atoms with Gasteiger partial charge in [0.2, 0.25) is 5.96 Å². The number of halogens is 3. The molecule has 1 aromatic carbocycles. The average Bonchev–Trinajstić information content (AvgIpc) is 2.19. The lowest BCUT2D eigenvalue weighted by Crippen LogP contribution is -2.36. The number of alkyl halides is 3. The lowest BCUT2D eigenvalue weighted by Gasteiger charge is -2.10. The van der Waals surface area contributed by atoms with Crippen LogP contribution >= 0.6 is 0 Å². The smallest absolute Gasteiger partial charge is 0.369 e. The number of benzene rings is 1. The molecular weight excluding hydrogens is 221 g/mol. The number of aryl methyl sites for hydroxylation is 1. The first-order chi connectivity index (χ1) is 7.34. The molecule has 0 aliphatic rings. The molecule has 4 nitrogen and oxygen atoms in total. The quantitative estimate of drug-likeness (QED) is 0.296.